The molecule has 0 aliphatic carbocycles. The van der Waals surface area contributed by atoms with Crippen molar-refractivity contribution in [1.29, 1.82) is 0 Å². The van der Waals surface area contributed by atoms with Gasteiger partial charge in [0, 0.05) is 12.7 Å². The Labute approximate surface area is 115 Å². The standard InChI is InChI=1S/C15H12ClFN2/c16-12-5-2-6-13(17)15(12)19-9-11-4-1-3-10-7-8-18-14(10)11/h1-8,18-19H,9H2. The zero-order chi connectivity index (χ0) is 13.2. The van der Waals surface area contributed by atoms with Gasteiger partial charge < -0.3 is 10.3 Å². The molecule has 3 rings (SSSR count). The van der Waals surface area contributed by atoms with Gasteiger partial charge in [0.1, 0.15) is 5.82 Å². The fourth-order valence-electron chi connectivity index (χ4n) is 2.15. The summed E-state index contributed by atoms with van der Waals surface area (Å²) < 4.78 is 13.7. The van der Waals surface area contributed by atoms with Gasteiger partial charge in [-0.25, -0.2) is 4.39 Å². The molecule has 4 heteroatoms. The van der Waals surface area contributed by atoms with Crippen molar-refractivity contribution in [1.82, 2.24) is 4.98 Å². The van der Waals surface area contributed by atoms with Crippen LogP contribution in [-0.2, 0) is 6.54 Å². The zero-order valence-corrected chi connectivity index (χ0v) is 10.8. The molecule has 2 N–H and O–H groups in total. The van der Waals surface area contributed by atoms with Crippen molar-refractivity contribution in [3.8, 4) is 0 Å². The molecule has 0 radical (unpaired) electrons. The monoisotopic (exact) mass is 274 g/mol. The molecule has 1 aromatic heterocycles. The summed E-state index contributed by atoms with van der Waals surface area (Å²) in [5.41, 5.74) is 2.47. The molecular formula is C15H12ClFN2. The van der Waals surface area contributed by atoms with Crippen molar-refractivity contribution < 1.29 is 4.39 Å². The van der Waals surface area contributed by atoms with E-state index in [1.165, 1.54) is 6.07 Å². The van der Waals surface area contributed by atoms with Gasteiger partial charge in [-0.15, -0.1) is 0 Å². The third kappa shape index (κ3) is 2.29. The van der Waals surface area contributed by atoms with Gasteiger partial charge in [0.05, 0.1) is 16.2 Å². The molecule has 0 saturated carbocycles. The Kier molecular flexibility index (Phi) is 3.13. The number of H-pyrrole nitrogens is 1. The number of hydrogen-bond donors (Lipinski definition) is 2. The van der Waals surface area contributed by atoms with E-state index >= 15 is 0 Å². The number of benzene rings is 2. The number of para-hydroxylation sites is 2. The first-order chi connectivity index (χ1) is 9.25. The van der Waals surface area contributed by atoms with E-state index in [1.807, 2.05) is 30.5 Å². The Morgan fingerprint density at radius 2 is 1.95 bits per heavy atom. The van der Waals surface area contributed by atoms with Crippen molar-refractivity contribution in [3.63, 3.8) is 0 Å². The Balaban J connectivity index is 1.88. The Morgan fingerprint density at radius 3 is 2.79 bits per heavy atom. The smallest absolute Gasteiger partial charge is 0.147 e. The van der Waals surface area contributed by atoms with Crippen molar-refractivity contribution in [2.75, 3.05) is 5.32 Å². The van der Waals surface area contributed by atoms with E-state index in [9.17, 15) is 4.39 Å². The van der Waals surface area contributed by atoms with Gasteiger partial charge in [-0.2, -0.15) is 0 Å². The summed E-state index contributed by atoms with van der Waals surface area (Å²) >= 11 is 5.98. The summed E-state index contributed by atoms with van der Waals surface area (Å²) in [6.45, 7) is 0.512. The number of anilines is 1. The number of halogens is 2. The molecule has 0 amide bonds. The highest BCUT2D eigenvalue weighted by Crippen LogP contribution is 2.26. The lowest BCUT2D eigenvalue weighted by Gasteiger charge is -2.10. The maximum atomic E-state index is 13.7. The molecule has 0 aliphatic heterocycles. The average Bonchev–Trinajstić information content (AvgIpc) is 2.87. The van der Waals surface area contributed by atoms with Gasteiger partial charge in [0.2, 0.25) is 0 Å². The normalized spacial score (nSPS) is 10.8. The first-order valence-corrected chi connectivity index (χ1v) is 6.36. The molecule has 0 saturated heterocycles. The molecule has 0 fully saturated rings. The molecule has 0 spiro atoms. The summed E-state index contributed by atoms with van der Waals surface area (Å²) in [7, 11) is 0. The van der Waals surface area contributed by atoms with Crippen LogP contribution in [0.1, 0.15) is 5.56 Å². The van der Waals surface area contributed by atoms with Gasteiger partial charge in [0.15, 0.2) is 0 Å². The van der Waals surface area contributed by atoms with E-state index in [1.54, 1.807) is 12.1 Å². The fraction of sp³-hybridized carbons (Fsp3) is 0.0667. The minimum absolute atomic E-state index is 0.340. The van der Waals surface area contributed by atoms with Crippen LogP contribution in [0.3, 0.4) is 0 Å². The van der Waals surface area contributed by atoms with Crippen LogP contribution in [0.5, 0.6) is 0 Å². The summed E-state index contributed by atoms with van der Waals surface area (Å²) in [4.78, 5) is 3.19. The average molecular weight is 275 g/mol. The van der Waals surface area contributed by atoms with Crippen LogP contribution < -0.4 is 5.32 Å². The lowest BCUT2D eigenvalue weighted by molar-refractivity contribution is 0.630. The Bertz CT molecular complexity index is 701. The van der Waals surface area contributed by atoms with Gasteiger partial charge in [-0.05, 0) is 29.1 Å². The predicted octanol–water partition coefficient (Wildman–Crippen LogP) is 4.57. The topological polar surface area (TPSA) is 27.8 Å². The number of nitrogens with one attached hydrogen (secondary N) is 2. The molecule has 0 unspecified atom stereocenters. The second-order valence-corrected chi connectivity index (χ2v) is 4.72. The van der Waals surface area contributed by atoms with E-state index in [4.69, 9.17) is 11.6 Å². The lowest BCUT2D eigenvalue weighted by atomic mass is 10.1. The molecule has 1 heterocycles. The van der Waals surface area contributed by atoms with E-state index in [-0.39, 0.29) is 5.82 Å². The number of rotatable bonds is 3. The van der Waals surface area contributed by atoms with E-state index < -0.39 is 0 Å². The molecule has 0 atom stereocenters. The molecular weight excluding hydrogens is 263 g/mol. The number of hydrogen-bond acceptors (Lipinski definition) is 1. The van der Waals surface area contributed by atoms with Crippen LogP contribution in [0.15, 0.2) is 48.7 Å². The van der Waals surface area contributed by atoms with Gasteiger partial charge in [-0.1, -0.05) is 35.9 Å². The molecule has 96 valence electrons. The number of fused-ring (bicyclic) bond motifs is 1. The van der Waals surface area contributed by atoms with Crippen LogP contribution in [0, 0.1) is 5.82 Å². The maximum Gasteiger partial charge on any atom is 0.147 e. The molecule has 19 heavy (non-hydrogen) atoms. The van der Waals surface area contributed by atoms with Crippen LogP contribution in [0.2, 0.25) is 5.02 Å². The minimum atomic E-state index is -0.342. The molecule has 2 nitrogen and oxygen atoms in total. The summed E-state index contributed by atoms with van der Waals surface area (Å²) in [5, 5.41) is 4.58. The lowest BCUT2D eigenvalue weighted by Crippen LogP contribution is -2.02. The predicted molar refractivity (Wildman–Crippen MR) is 77.0 cm³/mol. The Morgan fingerprint density at radius 1 is 1.11 bits per heavy atom. The van der Waals surface area contributed by atoms with Crippen LogP contribution >= 0.6 is 11.6 Å². The highest BCUT2D eigenvalue weighted by molar-refractivity contribution is 6.33. The molecule has 0 aliphatic rings. The first-order valence-electron chi connectivity index (χ1n) is 5.98. The molecule has 2 aromatic carbocycles. The van der Waals surface area contributed by atoms with Crippen LogP contribution in [0.4, 0.5) is 10.1 Å². The zero-order valence-electron chi connectivity index (χ0n) is 10.1. The van der Waals surface area contributed by atoms with E-state index in [2.05, 4.69) is 10.3 Å². The van der Waals surface area contributed by atoms with E-state index in [0.29, 0.717) is 17.3 Å². The first kappa shape index (κ1) is 12.1. The van der Waals surface area contributed by atoms with Crippen LogP contribution in [-0.4, -0.2) is 4.98 Å². The van der Waals surface area contributed by atoms with Crippen LogP contribution in [0.25, 0.3) is 10.9 Å². The molecule has 0 bridgehead atoms. The Hall–Kier alpha value is -2.00. The number of aromatic amines is 1. The minimum Gasteiger partial charge on any atom is -0.377 e. The van der Waals surface area contributed by atoms with Crippen molar-refractivity contribution in [2.45, 2.75) is 6.54 Å². The third-order valence-corrected chi connectivity index (χ3v) is 3.41. The van der Waals surface area contributed by atoms with Crippen molar-refractivity contribution >= 4 is 28.2 Å². The van der Waals surface area contributed by atoms with Gasteiger partial charge >= 0.3 is 0 Å². The second kappa shape index (κ2) is 4.94. The SMILES string of the molecule is Fc1cccc(Cl)c1NCc1cccc2cc[nH]c12. The molecule has 3 aromatic rings. The summed E-state index contributed by atoms with van der Waals surface area (Å²) in [5.74, 6) is -0.342. The quantitative estimate of drug-likeness (QED) is 0.719. The third-order valence-electron chi connectivity index (χ3n) is 3.09. The second-order valence-electron chi connectivity index (χ2n) is 4.31. The fourth-order valence-corrected chi connectivity index (χ4v) is 2.38. The largest absolute Gasteiger partial charge is 0.377 e. The van der Waals surface area contributed by atoms with E-state index in [0.717, 1.165) is 16.5 Å². The van der Waals surface area contributed by atoms with Crippen molar-refractivity contribution in [2.24, 2.45) is 0 Å². The van der Waals surface area contributed by atoms with Gasteiger partial charge in [0.25, 0.3) is 0 Å². The highest BCUT2D eigenvalue weighted by atomic mass is 35.5. The summed E-state index contributed by atoms with van der Waals surface area (Å²) in [6, 6.07) is 12.7. The highest BCUT2D eigenvalue weighted by Gasteiger charge is 2.07. The number of aromatic nitrogens is 1. The maximum absolute atomic E-state index is 13.7. The summed E-state index contributed by atoms with van der Waals surface area (Å²) in [6.07, 6.45) is 1.89. The van der Waals surface area contributed by atoms with Crippen molar-refractivity contribution in [3.05, 3.63) is 65.1 Å². The van der Waals surface area contributed by atoms with Gasteiger partial charge in [-0.3, -0.25) is 0 Å².